The van der Waals surface area contributed by atoms with Crippen molar-refractivity contribution in [3.05, 3.63) is 125 Å². The molecule has 9 nitrogen and oxygen atoms in total. The van der Waals surface area contributed by atoms with Crippen molar-refractivity contribution in [2.45, 2.75) is 12.5 Å². The second-order valence-electron chi connectivity index (χ2n) is 9.84. The van der Waals surface area contributed by atoms with Gasteiger partial charge in [-0.15, -0.1) is 0 Å². The molecular weight excluding hydrogens is 534 g/mol. The fourth-order valence-corrected chi connectivity index (χ4v) is 5.03. The number of hydrogen-bond donors (Lipinski definition) is 3. The van der Waals surface area contributed by atoms with Gasteiger partial charge in [-0.2, -0.15) is 0 Å². The van der Waals surface area contributed by atoms with Crippen LogP contribution in [0, 0.1) is 0 Å². The lowest BCUT2D eigenvalue weighted by Gasteiger charge is -2.21. The van der Waals surface area contributed by atoms with Gasteiger partial charge < -0.3 is 20.1 Å². The standard InChI is InChI=1S/C33H29N3O6/c37-30(36(20-31(38)39)19-22-8-2-1-3-9-22)18-34-32(40)23-14-16-24(17-15-23)35-33(41)42-21-29-27-12-6-4-10-25(27)26-11-5-7-13-28(26)29/h1-17,29H,18-21H2,(H,34,40)(H,35,41)(H,38,39). The molecule has 0 aliphatic heterocycles. The second-order valence-corrected chi connectivity index (χ2v) is 9.84. The van der Waals surface area contributed by atoms with Crippen LogP contribution in [0.25, 0.3) is 11.1 Å². The van der Waals surface area contributed by atoms with Gasteiger partial charge in [0.15, 0.2) is 0 Å². The third-order valence-corrected chi connectivity index (χ3v) is 7.03. The summed E-state index contributed by atoms with van der Waals surface area (Å²) in [6.45, 7) is -0.561. The summed E-state index contributed by atoms with van der Waals surface area (Å²) in [7, 11) is 0. The van der Waals surface area contributed by atoms with Crippen LogP contribution in [0.2, 0.25) is 0 Å². The van der Waals surface area contributed by atoms with Crippen LogP contribution in [0.1, 0.15) is 33.0 Å². The molecule has 0 bridgehead atoms. The van der Waals surface area contributed by atoms with Gasteiger partial charge in [-0.25, -0.2) is 4.79 Å². The van der Waals surface area contributed by atoms with Crippen LogP contribution in [-0.2, 0) is 20.9 Å². The van der Waals surface area contributed by atoms with E-state index in [0.717, 1.165) is 27.8 Å². The summed E-state index contributed by atoms with van der Waals surface area (Å²) >= 11 is 0. The van der Waals surface area contributed by atoms with Gasteiger partial charge in [-0.3, -0.25) is 19.7 Å². The molecule has 42 heavy (non-hydrogen) atoms. The van der Waals surface area contributed by atoms with Gasteiger partial charge in [-0.1, -0.05) is 78.9 Å². The Labute approximate surface area is 242 Å². The Balaban J connectivity index is 1.12. The van der Waals surface area contributed by atoms with E-state index in [9.17, 15) is 24.3 Å². The Morgan fingerprint density at radius 2 is 1.36 bits per heavy atom. The van der Waals surface area contributed by atoms with Crippen molar-refractivity contribution in [3.63, 3.8) is 0 Å². The molecular formula is C33H29N3O6. The highest BCUT2D eigenvalue weighted by Crippen LogP contribution is 2.44. The number of amides is 3. The summed E-state index contributed by atoms with van der Waals surface area (Å²) in [4.78, 5) is 50.3. The van der Waals surface area contributed by atoms with Crippen LogP contribution in [-0.4, -0.2) is 53.6 Å². The first-order chi connectivity index (χ1) is 20.4. The molecule has 0 saturated heterocycles. The number of hydrogen-bond acceptors (Lipinski definition) is 5. The number of carbonyl (C=O) groups is 4. The lowest BCUT2D eigenvalue weighted by atomic mass is 9.98. The molecule has 3 N–H and O–H groups in total. The van der Waals surface area contributed by atoms with E-state index in [1.54, 1.807) is 36.4 Å². The van der Waals surface area contributed by atoms with Gasteiger partial charge in [0, 0.05) is 23.7 Å². The summed E-state index contributed by atoms with van der Waals surface area (Å²) in [5, 5.41) is 14.4. The van der Waals surface area contributed by atoms with Crippen molar-refractivity contribution in [3.8, 4) is 11.1 Å². The quantitative estimate of drug-likeness (QED) is 0.252. The largest absolute Gasteiger partial charge is 0.480 e. The highest BCUT2D eigenvalue weighted by atomic mass is 16.5. The minimum absolute atomic E-state index is 0.0592. The molecule has 4 aromatic carbocycles. The van der Waals surface area contributed by atoms with Crippen molar-refractivity contribution >= 4 is 29.6 Å². The SMILES string of the molecule is O=C(O)CN(Cc1ccccc1)C(=O)CNC(=O)c1ccc(NC(=O)OCC2c3ccccc3-c3ccccc32)cc1. The first kappa shape index (κ1) is 28.1. The Kier molecular flexibility index (Phi) is 8.58. The maximum atomic E-state index is 12.7. The highest BCUT2D eigenvalue weighted by molar-refractivity contribution is 5.97. The maximum Gasteiger partial charge on any atom is 0.411 e. The lowest BCUT2D eigenvalue weighted by Crippen LogP contribution is -2.42. The molecule has 0 heterocycles. The Morgan fingerprint density at radius 3 is 1.98 bits per heavy atom. The van der Waals surface area contributed by atoms with Gasteiger partial charge in [0.2, 0.25) is 5.91 Å². The van der Waals surface area contributed by atoms with E-state index in [1.807, 2.05) is 42.5 Å². The molecule has 0 aromatic heterocycles. The smallest absolute Gasteiger partial charge is 0.411 e. The lowest BCUT2D eigenvalue weighted by molar-refractivity contribution is -0.144. The number of carbonyl (C=O) groups excluding carboxylic acids is 3. The number of rotatable bonds is 10. The van der Waals surface area contributed by atoms with E-state index in [-0.39, 0.29) is 31.2 Å². The molecule has 1 aliphatic carbocycles. The van der Waals surface area contributed by atoms with Crippen LogP contribution >= 0.6 is 0 Å². The zero-order chi connectivity index (χ0) is 29.5. The maximum absolute atomic E-state index is 12.7. The van der Waals surface area contributed by atoms with Gasteiger partial charge in [-0.05, 0) is 52.1 Å². The summed E-state index contributed by atoms with van der Waals surface area (Å²) in [5.41, 5.74) is 6.01. The van der Waals surface area contributed by atoms with Crippen molar-refractivity contribution < 1.29 is 29.0 Å². The molecule has 0 atom stereocenters. The van der Waals surface area contributed by atoms with Crippen LogP contribution < -0.4 is 10.6 Å². The molecule has 3 amide bonds. The van der Waals surface area contributed by atoms with E-state index in [0.29, 0.717) is 5.69 Å². The molecule has 0 spiro atoms. The molecule has 0 unspecified atom stereocenters. The number of nitrogens with zero attached hydrogens (tertiary/aromatic N) is 1. The summed E-state index contributed by atoms with van der Waals surface area (Å²) in [6, 6.07) is 31.3. The van der Waals surface area contributed by atoms with E-state index < -0.39 is 30.4 Å². The van der Waals surface area contributed by atoms with Crippen molar-refractivity contribution in [2.75, 3.05) is 25.0 Å². The molecule has 1 aliphatic rings. The number of carboxylic acids is 1. The van der Waals surface area contributed by atoms with E-state index in [2.05, 4.69) is 22.8 Å². The molecule has 0 radical (unpaired) electrons. The van der Waals surface area contributed by atoms with Crippen LogP contribution in [0.3, 0.4) is 0 Å². The third-order valence-electron chi connectivity index (χ3n) is 7.03. The predicted octanol–water partition coefficient (Wildman–Crippen LogP) is 4.89. The average molecular weight is 564 g/mol. The number of benzene rings is 4. The third kappa shape index (κ3) is 6.64. The molecule has 9 heteroatoms. The van der Waals surface area contributed by atoms with Gasteiger partial charge >= 0.3 is 12.1 Å². The zero-order valence-electron chi connectivity index (χ0n) is 22.7. The van der Waals surface area contributed by atoms with Gasteiger partial charge in [0.25, 0.3) is 5.91 Å². The summed E-state index contributed by atoms with van der Waals surface area (Å²) in [5.74, 6) is -2.24. The van der Waals surface area contributed by atoms with Gasteiger partial charge in [0.1, 0.15) is 13.2 Å². The van der Waals surface area contributed by atoms with Crippen molar-refractivity contribution in [2.24, 2.45) is 0 Å². The van der Waals surface area contributed by atoms with Crippen LogP contribution in [0.15, 0.2) is 103 Å². The van der Waals surface area contributed by atoms with E-state index in [4.69, 9.17) is 4.74 Å². The fraction of sp³-hybridized carbons (Fsp3) is 0.152. The average Bonchev–Trinajstić information content (AvgIpc) is 3.32. The predicted molar refractivity (Wildman–Crippen MR) is 157 cm³/mol. The molecule has 0 fully saturated rings. The molecule has 212 valence electrons. The number of aliphatic carboxylic acids is 1. The Morgan fingerprint density at radius 1 is 0.762 bits per heavy atom. The number of anilines is 1. The second kappa shape index (κ2) is 12.8. The topological polar surface area (TPSA) is 125 Å². The van der Waals surface area contributed by atoms with Gasteiger partial charge in [0.05, 0.1) is 6.54 Å². The molecule has 4 aromatic rings. The minimum atomic E-state index is -1.15. The first-order valence-electron chi connectivity index (χ1n) is 13.4. The van der Waals surface area contributed by atoms with Crippen molar-refractivity contribution in [1.29, 1.82) is 0 Å². The van der Waals surface area contributed by atoms with Crippen LogP contribution in [0.4, 0.5) is 10.5 Å². The molecule has 5 rings (SSSR count). The molecule has 0 saturated carbocycles. The first-order valence-corrected chi connectivity index (χ1v) is 13.4. The number of carboxylic acid groups (broad SMARTS) is 1. The zero-order valence-corrected chi connectivity index (χ0v) is 22.7. The fourth-order valence-electron chi connectivity index (χ4n) is 5.03. The monoisotopic (exact) mass is 563 g/mol. The number of nitrogens with one attached hydrogen (secondary N) is 2. The normalized spacial score (nSPS) is 11.6. The van der Waals surface area contributed by atoms with Crippen LogP contribution in [0.5, 0.6) is 0 Å². The highest BCUT2D eigenvalue weighted by Gasteiger charge is 2.29. The van der Waals surface area contributed by atoms with E-state index in [1.165, 1.54) is 17.0 Å². The van der Waals surface area contributed by atoms with E-state index >= 15 is 0 Å². The summed E-state index contributed by atoms with van der Waals surface area (Å²) in [6.07, 6.45) is -0.614. The Hall–Kier alpha value is -5.44. The number of fused-ring (bicyclic) bond motifs is 3. The Bertz CT molecular complexity index is 1560. The summed E-state index contributed by atoms with van der Waals surface area (Å²) < 4.78 is 5.57. The number of ether oxygens (including phenoxy) is 1. The minimum Gasteiger partial charge on any atom is -0.480 e. The van der Waals surface area contributed by atoms with Crippen molar-refractivity contribution in [1.82, 2.24) is 10.2 Å².